The monoisotopic (exact) mass is 281 g/mol. The summed E-state index contributed by atoms with van der Waals surface area (Å²) in [5.41, 5.74) is 2.55. The molecule has 1 aliphatic rings. The SMILES string of the molecule is C[C@]1(C(=O)O)CC(c2ccc(-c3ccccc3)cc2)=NO1. The van der Waals surface area contributed by atoms with Crippen LogP contribution in [0.2, 0.25) is 0 Å². The molecule has 0 saturated carbocycles. The molecule has 1 N–H and O–H groups in total. The highest BCUT2D eigenvalue weighted by Gasteiger charge is 2.42. The summed E-state index contributed by atoms with van der Waals surface area (Å²) in [6.45, 7) is 1.53. The summed E-state index contributed by atoms with van der Waals surface area (Å²) in [7, 11) is 0. The second-order valence-corrected chi connectivity index (χ2v) is 5.29. The lowest BCUT2D eigenvalue weighted by atomic mass is 9.95. The quantitative estimate of drug-likeness (QED) is 0.938. The van der Waals surface area contributed by atoms with Gasteiger partial charge in [-0.1, -0.05) is 59.8 Å². The van der Waals surface area contributed by atoms with Crippen molar-refractivity contribution in [3.63, 3.8) is 0 Å². The predicted molar refractivity (Wildman–Crippen MR) is 80.2 cm³/mol. The van der Waals surface area contributed by atoms with Gasteiger partial charge in [0.1, 0.15) is 0 Å². The third-order valence-electron chi connectivity index (χ3n) is 3.64. The highest BCUT2D eigenvalue weighted by atomic mass is 16.7. The van der Waals surface area contributed by atoms with E-state index < -0.39 is 11.6 Å². The number of hydrogen-bond acceptors (Lipinski definition) is 3. The first-order chi connectivity index (χ1) is 10.1. The van der Waals surface area contributed by atoms with Crippen LogP contribution in [0.1, 0.15) is 18.9 Å². The Hall–Kier alpha value is -2.62. The molecule has 21 heavy (non-hydrogen) atoms. The van der Waals surface area contributed by atoms with Crippen molar-refractivity contribution in [2.45, 2.75) is 18.9 Å². The zero-order valence-electron chi connectivity index (χ0n) is 11.6. The van der Waals surface area contributed by atoms with E-state index in [1.165, 1.54) is 6.92 Å². The number of aliphatic carboxylic acids is 1. The van der Waals surface area contributed by atoms with E-state index in [1.54, 1.807) is 0 Å². The van der Waals surface area contributed by atoms with E-state index in [2.05, 4.69) is 5.16 Å². The van der Waals surface area contributed by atoms with Crippen LogP contribution in [0.3, 0.4) is 0 Å². The van der Waals surface area contributed by atoms with Crippen molar-refractivity contribution < 1.29 is 14.7 Å². The molecule has 0 fully saturated rings. The molecule has 0 bridgehead atoms. The topological polar surface area (TPSA) is 58.9 Å². The van der Waals surface area contributed by atoms with Crippen LogP contribution in [0, 0.1) is 0 Å². The van der Waals surface area contributed by atoms with Gasteiger partial charge in [0.25, 0.3) is 0 Å². The van der Waals surface area contributed by atoms with E-state index in [1.807, 2.05) is 54.6 Å². The number of oxime groups is 1. The lowest BCUT2D eigenvalue weighted by Gasteiger charge is -2.14. The van der Waals surface area contributed by atoms with Gasteiger partial charge in [0.05, 0.1) is 5.71 Å². The number of hydrogen-bond donors (Lipinski definition) is 1. The highest BCUT2D eigenvalue weighted by molar-refractivity contribution is 6.04. The van der Waals surface area contributed by atoms with Gasteiger partial charge in [0, 0.05) is 6.42 Å². The smallest absolute Gasteiger partial charge is 0.351 e. The third-order valence-corrected chi connectivity index (χ3v) is 3.64. The van der Waals surface area contributed by atoms with Gasteiger partial charge in [-0.2, -0.15) is 0 Å². The fourth-order valence-corrected chi connectivity index (χ4v) is 2.30. The summed E-state index contributed by atoms with van der Waals surface area (Å²) in [4.78, 5) is 16.2. The van der Waals surface area contributed by atoms with Crippen LogP contribution in [0.25, 0.3) is 11.1 Å². The van der Waals surface area contributed by atoms with E-state index in [-0.39, 0.29) is 6.42 Å². The molecule has 0 saturated heterocycles. The molecule has 0 spiro atoms. The molecule has 4 nitrogen and oxygen atoms in total. The molecule has 1 atom stereocenters. The predicted octanol–water partition coefficient (Wildman–Crippen LogP) is 3.32. The second-order valence-electron chi connectivity index (χ2n) is 5.29. The van der Waals surface area contributed by atoms with Crippen LogP contribution < -0.4 is 0 Å². The van der Waals surface area contributed by atoms with Crippen molar-refractivity contribution in [1.82, 2.24) is 0 Å². The average molecular weight is 281 g/mol. The van der Waals surface area contributed by atoms with E-state index in [9.17, 15) is 4.79 Å². The molecule has 1 heterocycles. The van der Waals surface area contributed by atoms with E-state index in [0.29, 0.717) is 5.71 Å². The van der Waals surface area contributed by atoms with Gasteiger partial charge in [0.15, 0.2) is 0 Å². The summed E-state index contributed by atoms with van der Waals surface area (Å²) in [6.07, 6.45) is 0.271. The molecule has 0 radical (unpaired) electrons. The molecule has 0 unspecified atom stereocenters. The van der Waals surface area contributed by atoms with Crippen molar-refractivity contribution in [3.05, 3.63) is 60.2 Å². The molecule has 3 rings (SSSR count). The fourth-order valence-electron chi connectivity index (χ4n) is 2.30. The Morgan fingerprint density at radius 1 is 1.05 bits per heavy atom. The van der Waals surface area contributed by atoms with Crippen molar-refractivity contribution in [2.24, 2.45) is 5.16 Å². The third kappa shape index (κ3) is 2.52. The fraction of sp³-hybridized carbons (Fsp3) is 0.176. The Bertz CT molecular complexity index is 692. The Kier molecular flexibility index (Phi) is 3.22. The van der Waals surface area contributed by atoms with Gasteiger partial charge in [-0.15, -0.1) is 0 Å². The lowest BCUT2D eigenvalue weighted by Crippen LogP contribution is -2.35. The maximum Gasteiger partial charge on any atom is 0.351 e. The number of rotatable bonds is 3. The van der Waals surface area contributed by atoms with Crippen LogP contribution >= 0.6 is 0 Å². The summed E-state index contributed by atoms with van der Waals surface area (Å²) in [6, 6.07) is 18.0. The Balaban J connectivity index is 1.82. The first kappa shape index (κ1) is 13.4. The molecular weight excluding hydrogens is 266 g/mol. The molecule has 2 aromatic carbocycles. The Morgan fingerprint density at radius 3 is 2.19 bits per heavy atom. The van der Waals surface area contributed by atoms with E-state index >= 15 is 0 Å². The molecule has 0 aromatic heterocycles. The van der Waals surface area contributed by atoms with Crippen LogP contribution in [0.4, 0.5) is 0 Å². The minimum Gasteiger partial charge on any atom is -0.478 e. The van der Waals surface area contributed by atoms with Crippen molar-refractivity contribution in [1.29, 1.82) is 0 Å². The standard InChI is InChI=1S/C17H15NO3/c1-17(16(19)20)11-15(18-21-17)14-9-7-13(8-10-14)12-5-3-2-4-6-12/h2-10H,11H2,1H3,(H,19,20)/t17-/m1/s1. The van der Waals surface area contributed by atoms with Gasteiger partial charge >= 0.3 is 5.97 Å². The highest BCUT2D eigenvalue weighted by Crippen LogP contribution is 2.28. The number of carboxylic acid groups (broad SMARTS) is 1. The molecule has 0 aliphatic carbocycles. The zero-order valence-corrected chi connectivity index (χ0v) is 11.6. The second kappa shape index (κ2) is 5.05. The average Bonchev–Trinajstić information content (AvgIpc) is 2.92. The minimum absolute atomic E-state index is 0.271. The van der Waals surface area contributed by atoms with Crippen molar-refractivity contribution >= 4 is 11.7 Å². The van der Waals surface area contributed by atoms with Gasteiger partial charge in [-0.25, -0.2) is 4.79 Å². The molecule has 106 valence electrons. The maximum atomic E-state index is 11.1. The van der Waals surface area contributed by atoms with Crippen molar-refractivity contribution in [2.75, 3.05) is 0 Å². The van der Waals surface area contributed by atoms with Crippen molar-refractivity contribution in [3.8, 4) is 11.1 Å². The Labute approximate surface area is 122 Å². The summed E-state index contributed by atoms with van der Waals surface area (Å²) >= 11 is 0. The number of carbonyl (C=O) groups is 1. The van der Waals surface area contributed by atoms with E-state index in [4.69, 9.17) is 9.94 Å². The number of nitrogens with zero attached hydrogens (tertiary/aromatic N) is 1. The first-order valence-corrected chi connectivity index (χ1v) is 6.73. The number of carboxylic acids is 1. The van der Waals surface area contributed by atoms with Crippen LogP contribution in [-0.4, -0.2) is 22.4 Å². The van der Waals surface area contributed by atoms with Crippen LogP contribution in [0.5, 0.6) is 0 Å². The van der Waals surface area contributed by atoms with Gasteiger partial charge in [0.2, 0.25) is 5.60 Å². The zero-order chi connectivity index (χ0) is 14.9. The normalized spacial score (nSPS) is 20.7. The van der Waals surface area contributed by atoms with Gasteiger partial charge < -0.3 is 9.94 Å². The molecule has 2 aromatic rings. The van der Waals surface area contributed by atoms with Crippen LogP contribution in [0.15, 0.2) is 59.8 Å². The summed E-state index contributed by atoms with van der Waals surface area (Å²) in [5, 5.41) is 13.1. The minimum atomic E-state index is -1.26. The molecular formula is C17H15NO3. The summed E-state index contributed by atoms with van der Waals surface area (Å²) in [5.74, 6) is -0.998. The van der Waals surface area contributed by atoms with Crippen LogP contribution in [-0.2, 0) is 9.63 Å². The molecule has 4 heteroatoms. The van der Waals surface area contributed by atoms with Gasteiger partial charge in [-0.3, -0.25) is 0 Å². The molecule has 1 aliphatic heterocycles. The lowest BCUT2D eigenvalue weighted by molar-refractivity contribution is -0.160. The maximum absolute atomic E-state index is 11.1. The Morgan fingerprint density at radius 2 is 1.62 bits per heavy atom. The first-order valence-electron chi connectivity index (χ1n) is 6.73. The van der Waals surface area contributed by atoms with E-state index in [0.717, 1.165) is 16.7 Å². The number of benzene rings is 2. The summed E-state index contributed by atoms with van der Waals surface area (Å²) < 4.78 is 0. The molecule has 0 amide bonds. The van der Waals surface area contributed by atoms with Gasteiger partial charge in [-0.05, 0) is 23.6 Å². The largest absolute Gasteiger partial charge is 0.478 e.